The van der Waals surface area contributed by atoms with E-state index < -0.39 is 0 Å². The Hall–Kier alpha value is -1.88. The van der Waals surface area contributed by atoms with Crippen LogP contribution in [-0.4, -0.2) is 23.8 Å². The monoisotopic (exact) mass is 275 g/mol. The largest absolute Gasteiger partial charge is 0.385 e. The second-order valence-electron chi connectivity index (χ2n) is 4.58. The predicted octanol–water partition coefficient (Wildman–Crippen LogP) is 3.21. The molecule has 0 amide bonds. The fraction of sp³-hybridized carbons (Fsp3) is 0.467. The van der Waals surface area contributed by atoms with Gasteiger partial charge in [-0.1, -0.05) is 30.3 Å². The first-order chi connectivity index (χ1) is 9.83. The molecule has 2 rings (SSSR count). The summed E-state index contributed by atoms with van der Waals surface area (Å²) in [6, 6.07) is 10.1. The summed E-state index contributed by atoms with van der Waals surface area (Å²) in [6.45, 7) is 2.91. The summed E-state index contributed by atoms with van der Waals surface area (Å²) in [6.07, 6.45) is 2.48. The van der Waals surface area contributed by atoms with Crippen molar-refractivity contribution in [2.45, 2.75) is 32.3 Å². The minimum absolute atomic E-state index is 0.0741. The summed E-state index contributed by atoms with van der Waals surface area (Å²) >= 11 is 0. The Morgan fingerprint density at radius 3 is 2.80 bits per heavy atom. The molecule has 0 aliphatic carbocycles. The van der Waals surface area contributed by atoms with Crippen molar-refractivity contribution in [3.05, 3.63) is 42.0 Å². The van der Waals surface area contributed by atoms with Gasteiger partial charge in [0, 0.05) is 25.8 Å². The third-order valence-corrected chi connectivity index (χ3v) is 3.10. The van der Waals surface area contributed by atoms with E-state index in [1.165, 1.54) is 0 Å². The standard InChI is InChI=1S/C15H21N3O2/c1-3-13(19-2)15-17-14(20-18-15)10-7-11-16-12-8-5-4-6-9-12/h4-6,8-9,13,16H,3,7,10-11H2,1-2H3. The van der Waals surface area contributed by atoms with Crippen LogP contribution in [0, 0.1) is 0 Å². The normalized spacial score (nSPS) is 12.3. The third-order valence-electron chi connectivity index (χ3n) is 3.10. The van der Waals surface area contributed by atoms with E-state index in [1.807, 2.05) is 25.1 Å². The highest BCUT2D eigenvalue weighted by molar-refractivity contribution is 5.42. The Morgan fingerprint density at radius 1 is 1.30 bits per heavy atom. The van der Waals surface area contributed by atoms with Gasteiger partial charge in [-0.2, -0.15) is 4.98 Å². The van der Waals surface area contributed by atoms with E-state index in [1.54, 1.807) is 7.11 Å². The van der Waals surface area contributed by atoms with Crippen LogP contribution < -0.4 is 5.32 Å². The molecule has 1 N–H and O–H groups in total. The maximum atomic E-state index is 5.28. The Morgan fingerprint density at radius 2 is 2.10 bits per heavy atom. The number of anilines is 1. The molecule has 108 valence electrons. The van der Waals surface area contributed by atoms with Gasteiger partial charge in [-0.05, 0) is 25.0 Å². The molecule has 0 aliphatic rings. The van der Waals surface area contributed by atoms with Crippen LogP contribution in [-0.2, 0) is 11.2 Å². The average Bonchev–Trinajstić information content (AvgIpc) is 2.95. The second kappa shape index (κ2) is 7.65. The van der Waals surface area contributed by atoms with E-state index in [-0.39, 0.29) is 6.10 Å². The molecule has 1 unspecified atom stereocenters. The summed E-state index contributed by atoms with van der Waals surface area (Å²) in [4.78, 5) is 4.37. The van der Waals surface area contributed by atoms with Crippen molar-refractivity contribution in [3.63, 3.8) is 0 Å². The second-order valence-corrected chi connectivity index (χ2v) is 4.58. The molecule has 1 aromatic carbocycles. The van der Waals surface area contributed by atoms with Gasteiger partial charge in [0.05, 0.1) is 0 Å². The number of hydrogen-bond acceptors (Lipinski definition) is 5. The topological polar surface area (TPSA) is 60.2 Å². The van der Waals surface area contributed by atoms with E-state index in [0.717, 1.165) is 31.5 Å². The van der Waals surface area contributed by atoms with Gasteiger partial charge in [-0.3, -0.25) is 0 Å². The maximum Gasteiger partial charge on any atom is 0.226 e. The SMILES string of the molecule is CCC(OC)c1noc(CCCNc2ccccc2)n1. The van der Waals surface area contributed by atoms with E-state index in [9.17, 15) is 0 Å². The number of ether oxygens (including phenoxy) is 1. The van der Waals surface area contributed by atoms with E-state index in [2.05, 4.69) is 27.6 Å². The molecule has 5 heteroatoms. The zero-order chi connectivity index (χ0) is 14.2. The summed E-state index contributed by atoms with van der Waals surface area (Å²) in [5.74, 6) is 1.31. The number of benzene rings is 1. The van der Waals surface area contributed by atoms with Gasteiger partial charge < -0.3 is 14.6 Å². The molecule has 5 nitrogen and oxygen atoms in total. The first-order valence-corrected chi connectivity index (χ1v) is 6.97. The molecule has 2 aromatic rings. The van der Waals surface area contributed by atoms with Crippen LogP contribution in [0.4, 0.5) is 5.69 Å². The van der Waals surface area contributed by atoms with Crippen LogP contribution in [0.5, 0.6) is 0 Å². The van der Waals surface area contributed by atoms with Crippen molar-refractivity contribution in [1.29, 1.82) is 0 Å². The Labute approximate surface area is 119 Å². The minimum Gasteiger partial charge on any atom is -0.385 e. The summed E-state index contributed by atoms with van der Waals surface area (Å²) < 4.78 is 10.5. The van der Waals surface area contributed by atoms with Gasteiger partial charge in [0.1, 0.15) is 6.10 Å². The van der Waals surface area contributed by atoms with Crippen LogP contribution in [0.25, 0.3) is 0 Å². The zero-order valence-corrected chi connectivity index (χ0v) is 12.0. The fourth-order valence-corrected chi connectivity index (χ4v) is 1.98. The van der Waals surface area contributed by atoms with Gasteiger partial charge in [0.2, 0.25) is 11.7 Å². The van der Waals surface area contributed by atoms with Crippen molar-refractivity contribution in [3.8, 4) is 0 Å². The Kier molecular flexibility index (Phi) is 5.55. The highest BCUT2D eigenvalue weighted by Gasteiger charge is 2.15. The highest BCUT2D eigenvalue weighted by Crippen LogP contribution is 2.17. The van der Waals surface area contributed by atoms with Crippen LogP contribution in [0.1, 0.15) is 37.6 Å². The maximum absolute atomic E-state index is 5.28. The number of nitrogens with one attached hydrogen (secondary N) is 1. The van der Waals surface area contributed by atoms with Crippen LogP contribution in [0.3, 0.4) is 0 Å². The quantitative estimate of drug-likeness (QED) is 0.750. The molecule has 0 aliphatic heterocycles. The van der Waals surface area contributed by atoms with Gasteiger partial charge in [-0.15, -0.1) is 0 Å². The van der Waals surface area contributed by atoms with Gasteiger partial charge in [0.25, 0.3) is 0 Å². The number of para-hydroxylation sites is 1. The lowest BCUT2D eigenvalue weighted by Crippen LogP contribution is -2.04. The van der Waals surface area contributed by atoms with Crippen LogP contribution in [0.15, 0.2) is 34.9 Å². The lowest BCUT2D eigenvalue weighted by Gasteiger charge is -2.06. The molecular weight excluding hydrogens is 254 g/mol. The molecule has 1 heterocycles. The fourth-order valence-electron chi connectivity index (χ4n) is 1.98. The number of aromatic nitrogens is 2. The first-order valence-electron chi connectivity index (χ1n) is 6.97. The van der Waals surface area contributed by atoms with Crippen molar-refractivity contribution < 1.29 is 9.26 Å². The highest BCUT2D eigenvalue weighted by atomic mass is 16.5. The molecule has 1 aromatic heterocycles. The molecule has 0 saturated heterocycles. The summed E-state index contributed by atoms with van der Waals surface area (Å²) in [5.41, 5.74) is 1.13. The summed E-state index contributed by atoms with van der Waals surface area (Å²) in [7, 11) is 1.66. The molecule has 0 saturated carbocycles. The smallest absolute Gasteiger partial charge is 0.226 e. The van der Waals surface area contributed by atoms with E-state index in [0.29, 0.717) is 11.7 Å². The number of methoxy groups -OCH3 is 1. The van der Waals surface area contributed by atoms with E-state index >= 15 is 0 Å². The van der Waals surface area contributed by atoms with E-state index in [4.69, 9.17) is 9.26 Å². The molecule has 0 spiro atoms. The zero-order valence-electron chi connectivity index (χ0n) is 12.0. The van der Waals surface area contributed by atoms with Crippen LogP contribution >= 0.6 is 0 Å². The predicted molar refractivity (Wildman–Crippen MR) is 77.6 cm³/mol. The van der Waals surface area contributed by atoms with Crippen molar-refractivity contribution in [1.82, 2.24) is 10.1 Å². The van der Waals surface area contributed by atoms with Crippen LogP contribution in [0.2, 0.25) is 0 Å². The molecule has 0 radical (unpaired) electrons. The first kappa shape index (κ1) is 14.5. The van der Waals surface area contributed by atoms with Gasteiger partial charge >= 0.3 is 0 Å². The molecule has 20 heavy (non-hydrogen) atoms. The molecule has 0 fully saturated rings. The number of rotatable bonds is 8. The molecule has 1 atom stereocenters. The Balaban J connectivity index is 1.74. The lowest BCUT2D eigenvalue weighted by atomic mass is 10.2. The van der Waals surface area contributed by atoms with Crippen molar-refractivity contribution in [2.24, 2.45) is 0 Å². The summed E-state index contributed by atoms with van der Waals surface area (Å²) in [5, 5.41) is 7.32. The van der Waals surface area contributed by atoms with Crippen molar-refractivity contribution >= 4 is 5.69 Å². The van der Waals surface area contributed by atoms with Crippen molar-refractivity contribution in [2.75, 3.05) is 19.0 Å². The average molecular weight is 275 g/mol. The Bertz CT molecular complexity index is 495. The van der Waals surface area contributed by atoms with Gasteiger partial charge in [-0.25, -0.2) is 0 Å². The molecular formula is C15H21N3O2. The van der Waals surface area contributed by atoms with Gasteiger partial charge in [0.15, 0.2) is 0 Å². The number of hydrogen-bond donors (Lipinski definition) is 1. The molecule has 0 bridgehead atoms. The minimum atomic E-state index is -0.0741. The lowest BCUT2D eigenvalue weighted by molar-refractivity contribution is 0.0903. The number of nitrogens with zero attached hydrogens (tertiary/aromatic N) is 2. The third kappa shape index (κ3) is 4.06. The number of aryl methyl sites for hydroxylation is 1.